The van der Waals surface area contributed by atoms with Crippen LogP contribution in [0.2, 0.25) is 0 Å². The first-order chi connectivity index (χ1) is 9.99. The first-order valence-corrected chi connectivity index (χ1v) is 7.81. The van der Waals surface area contributed by atoms with Crippen molar-refractivity contribution < 1.29 is 9.90 Å². The van der Waals surface area contributed by atoms with Crippen molar-refractivity contribution in [3.05, 3.63) is 23.8 Å². The first-order valence-electron chi connectivity index (χ1n) is 7.81. The number of likely N-dealkylation sites (N-methyl/N-ethyl adjacent to an activating group) is 1. The van der Waals surface area contributed by atoms with E-state index in [0.717, 1.165) is 22.9 Å². The number of hydrogen-bond acceptors (Lipinski definition) is 3. The van der Waals surface area contributed by atoms with Gasteiger partial charge >= 0.3 is 0 Å². The van der Waals surface area contributed by atoms with E-state index >= 15 is 0 Å². The van der Waals surface area contributed by atoms with E-state index in [0.29, 0.717) is 6.04 Å². The van der Waals surface area contributed by atoms with Gasteiger partial charge in [0.15, 0.2) is 6.10 Å². The van der Waals surface area contributed by atoms with Crippen LogP contribution in [0.1, 0.15) is 44.3 Å². The summed E-state index contributed by atoms with van der Waals surface area (Å²) in [6, 6.07) is 6.51. The van der Waals surface area contributed by atoms with E-state index in [1.54, 1.807) is 11.9 Å². The number of nitrogens with zero attached hydrogens (tertiary/aromatic N) is 2. The topological polar surface area (TPSA) is 43.8 Å². The highest BCUT2D eigenvalue weighted by Crippen LogP contribution is 2.38. The van der Waals surface area contributed by atoms with Gasteiger partial charge in [0.1, 0.15) is 0 Å². The molecule has 4 heteroatoms. The molecular formula is C17H24N2O2. The lowest BCUT2D eigenvalue weighted by molar-refractivity contribution is -0.125. The normalized spacial score (nSPS) is 28.7. The molecular weight excluding hydrogens is 264 g/mol. The summed E-state index contributed by atoms with van der Waals surface area (Å²) in [7, 11) is 3.86. The molecule has 3 atom stereocenters. The Bertz CT molecular complexity index is 558. The molecule has 1 aromatic carbocycles. The Kier molecular flexibility index (Phi) is 3.66. The minimum Gasteiger partial charge on any atom is -0.378 e. The summed E-state index contributed by atoms with van der Waals surface area (Å²) in [6.45, 7) is 2.32. The predicted octanol–water partition coefficient (Wildman–Crippen LogP) is 2.71. The van der Waals surface area contributed by atoms with Gasteiger partial charge in [0.25, 0.3) is 5.91 Å². The lowest BCUT2D eigenvalue weighted by Crippen LogP contribution is -2.35. The highest BCUT2D eigenvalue weighted by Gasteiger charge is 2.34. The fourth-order valence-corrected chi connectivity index (χ4v) is 3.67. The van der Waals surface area contributed by atoms with Gasteiger partial charge in [0.2, 0.25) is 0 Å². The van der Waals surface area contributed by atoms with Crippen molar-refractivity contribution in [1.29, 1.82) is 0 Å². The zero-order valence-corrected chi connectivity index (χ0v) is 13.0. The Morgan fingerprint density at radius 2 is 2.10 bits per heavy atom. The molecule has 114 valence electrons. The average molecular weight is 288 g/mol. The van der Waals surface area contributed by atoms with Crippen LogP contribution in [-0.4, -0.2) is 31.2 Å². The molecule has 0 spiro atoms. The van der Waals surface area contributed by atoms with Crippen molar-refractivity contribution >= 4 is 17.3 Å². The van der Waals surface area contributed by atoms with Crippen LogP contribution in [0.4, 0.5) is 11.4 Å². The van der Waals surface area contributed by atoms with Gasteiger partial charge in [0.05, 0.1) is 5.69 Å². The Morgan fingerprint density at radius 1 is 1.33 bits per heavy atom. The molecule has 1 N–H and O–H groups in total. The second-order valence-corrected chi connectivity index (χ2v) is 6.58. The first kappa shape index (κ1) is 14.4. The van der Waals surface area contributed by atoms with Crippen LogP contribution in [0.25, 0.3) is 0 Å². The zero-order chi connectivity index (χ0) is 15.1. The highest BCUT2D eigenvalue weighted by atomic mass is 16.3. The zero-order valence-electron chi connectivity index (χ0n) is 13.0. The number of amides is 1. The van der Waals surface area contributed by atoms with Gasteiger partial charge in [-0.05, 0) is 30.9 Å². The largest absolute Gasteiger partial charge is 0.378 e. The van der Waals surface area contributed by atoms with Crippen molar-refractivity contribution in [2.75, 3.05) is 23.9 Å². The number of aliphatic hydroxyl groups excluding tert-OH is 1. The monoisotopic (exact) mass is 288 g/mol. The molecule has 1 heterocycles. The SMILES string of the molecule is CC1CCCC(N(C)c2ccc3c(c2)N(C)C(=O)C3O)C1. The van der Waals surface area contributed by atoms with Crippen molar-refractivity contribution in [2.24, 2.45) is 5.92 Å². The third-order valence-corrected chi connectivity index (χ3v) is 5.10. The standard InChI is InChI=1S/C17H24N2O2/c1-11-5-4-6-12(9-11)18(2)13-7-8-14-15(10-13)19(3)17(21)16(14)20/h7-8,10-12,16,20H,4-6,9H2,1-3H3. The van der Waals surface area contributed by atoms with Gasteiger partial charge in [-0.1, -0.05) is 25.8 Å². The quantitative estimate of drug-likeness (QED) is 0.910. The molecule has 21 heavy (non-hydrogen) atoms. The van der Waals surface area contributed by atoms with Gasteiger partial charge in [-0.3, -0.25) is 4.79 Å². The number of hydrogen-bond donors (Lipinski definition) is 1. The van der Waals surface area contributed by atoms with Crippen LogP contribution in [0.15, 0.2) is 18.2 Å². The summed E-state index contributed by atoms with van der Waals surface area (Å²) >= 11 is 0. The molecule has 1 aromatic rings. The number of aliphatic hydroxyl groups is 1. The summed E-state index contributed by atoms with van der Waals surface area (Å²) < 4.78 is 0. The maximum atomic E-state index is 11.9. The van der Waals surface area contributed by atoms with Crippen LogP contribution < -0.4 is 9.80 Å². The Hall–Kier alpha value is -1.55. The lowest BCUT2D eigenvalue weighted by Gasteiger charge is -2.36. The van der Waals surface area contributed by atoms with E-state index < -0.39 is 6.10 Å². The maximum absolute atomic E-state index is 11.9. The third-order valence-electron chi connectivity index (χ3n) is 5.10. The Labute approximate surface area is 126 Å². The smallest absolute Gasteiger partial charge is 0.260 e. The summed E-state index contributed by atoms with van der Waals surface area (Å²) in [4.78, 5) is 15.7. The number of carbonyl (C=O) groups excluding carboxylic acids is 1. The lowest BCUT2D eigenvalue weighted by atomic mass is 9.86. The molecule has 1 fully saturated rings. The number of carbonyl (C=O) groups is 1. The number of benzene rings is 1. The molecule has 1 saturated carbocycles. The van der Waals surface area contributed by atoms with Gasteiger partial charge in [-0.25, -0.2) is 0 Å². The van der Waals surface area contributed by atoms with Crippen LogP contribution in [0, 0.1) is 5.92 Å². The van der Waals surface area contributed by atoms with Crippen LogP contribution >= 0.6 is 0 Å². The fraction of sp³-hybridized carbons (Fsp3) is 0.588. The maximum Gasteiger partial charge on any atom is 0.260 e. The van der Waals surface area contributed by atoms with E-state index in [4.69, 9.17) is 0 Å². The van der Waals surface area contributed by atoms with Gasteiger partial charge < -0.3 is 14.9 Å². The van der Waals surface area contributed by atoms with Crippen LogP contribution in [0.3, 0.4) is 0 Å². The summed E-state index contributed by atoms with van der Waals surface area (Å²) in [5.74, 6) is 0.544. The predicted molar refractivity (Wildman–Crippen MR) is 84.6 cm³/mol. The molecule has 1 amide bonds. The summed E-state index contributed by atoms with van der Waals surface area (Å²) in [5.41, 5.74) is 2.68. The fourth-order valence-electron chi connectivity index (χ4n) is 3.67. The van der Waals surface area contributed by atoms with Gasteiger partial charge in [-0.15, -0.1) is 0 Å². The van der Waals surface area contributed by atoms with Crippen molar-refractivity contribution in [2.45, 2.75) is 44.8 Å². The number of fused-ring (bicyclic) bond motifs is 1. The Morgan fingerprint density at radius 3 is 2.81 bits per heavy atom. The highest BCUT2D eigenvalue weighted by molar-refractivity contribution is 6.03. The van der Waals surface area contributed by atoms with Crippen molar-refractivity contribution in [3.8, 4) is 0 Å². The van der Waals surface area contributed by atoms with Crippen LogP contribution in [-0.2, 0) is 4.79 Å². The molecule has 1 aliphatic carbocycles. The molecule has 0 radical (unpaired) electrons. The van der Waals surface area contributed by atoms with Crippen LogP contribution in [0.5, 0.6) is 0 Å². The molecule has 3 rings (SSSR count). The van der Waals surface area contributed by atoms with Crippen molar-refractivity contribution in [1.82, 2.24) is 0 Å². The average Bonchev–Trinajstić information content (AvgIpc) is 2.71. The van der Waals surface area contributed by atoms with E-state index in [9.17, 15) is 9.90 Å². The van der Waals surface area contributed by atoms with E-state index in [2.05, 4.69) is 18.9 Å². The van der Waals surface area contributed by atoms with E-state index in [1.807, 2.05) is 18.2 Å². The number of anilines is 2. The molecule has 1 aliphatic heterocycles. The Balaban J connectivity index is 1.86. The molecule has 0 bridgehead atoms. The van der Waals surface area contributed by atoms with E-state index in [-0.39, 0.29) is 5.91 Å². The van der Waals surface area contributed by atoms with Gasteiger partial charge in [0, 0.05) is 31.4 Å². The minimum atomic E-state index is -1.00. The summed E-state index contributed by atoms with van der Waals surface area (Å²) in [5, 5.41) is 9.93. The van der Waals surface area contributed by atoms with Gasteiger partial charge in [-0.2, -0.15) is 0 Å². The third kappa shape index (κ3) is 2.42. The second kappa shape index (κ2) is 5.34. The van der Waals surface area contributed by atoms with E-state index in [1.165, 1.54) is 25.7 Å². The minimum absolute atomic E-state index is 0.240. The molecule has 4 nitrogen and oxygen atoms in total. The molecule has 0 saturated heterocycles. The summed E-state index contributed by atoms with van der Waals surface area (Å²) in [6.07, 6.45) is 4.08. The molecule has 0 aromatic heterocycles. The molecule has 2 aliphatic rings. The van der Waals surface area contributed by atoms with Crippen molar-refractivity contribution in [3.63, 3.8) is 0 Å². The second-order valence-electron chi connectivity index (χ2n) is 6.58. The molecule has 3 unspecified atom stereocenters. The number of rotatable bonds is 2.